The average Bonchev–Trinajstić information content (AvgIpc) is 2.96. The lowest BCUT2D eigenvalue weighted by atomic mass is 10.2. The largest absolute Gasteiger partial charge is 0.543 e. The molecule has 0 saturated carbocycles. The molecule has 0 aliphatic rings. The van der Waals surface area contributed by atoms with Crippen molar-refractivity contribution in [2.75, 3.05) is 0 Å². The fourth-order valence-corrected chi connectivity index (χ4v) is 2.30. The first-order valence-electron chi connectivity index (χ1n) is 6.23. The maximum atomic E-state index is 11.3. The van der Waals surface area contributed by atoms with Crippen LogP contribution in [0.15, 0.2) is 48.8 Å². The smallest absolute Gasteiger partial charge is 0.0935 e. The molecule has 0 bridgehead atoms. The maximum Gasteiger partial charge on any atom is 0.0935 e. The summed E-state index contributed by atoms with van der Waals surface area (Å²) < 4.78 is 1.26. The Morgan fingerprint density at radius 1 is 1.05 bits per heavy atom. The van der Waals surface area contributed by atoms with Crippen molar-refractivity contribution in [2.45, 2.75) is 0 Å². The van der Waals surface area contributed by atoms with Crippen molar-refractivity contribution in [3.63, 3.8) is 0 Å². The zero-order valence-corrected chi connectivity index (χ0v) is 12.5. The van der Waals surface area contributed by atoms with E-state index >= 15 is 0 Å². The second-order valence-electron chi connectivity index (χ2n) is 4.45. The Balaban J connectivity index is 2.16. The summed E-state index contributed by atoms with van der Waals surface area (Å²) in [6.07, 6.45) is 3.21. The molecular formula is C15H8Cl2N3O2-. The summed E-state index contributed by atoms with van der Waals surface area (Å²) >= 11 is 11.8. The second-order valence-corrected chi connectivity index (χ2v) is 5.26. The molecule has 0 aliphatic carbocycles. The molecule has 0 amide bonds. The van der Waals surface area contributed by atoms with Crippen LogP contribution in [0.4, 0.5) is 0 Å². The second kappa shape index (κ2) is 5.79. The number of hydrogen-bond acceptors (Lipinski definition) is 4. The van der Waals surface area contributed by atoms with Gasteiger partial charge in [0.25, 0.3) is 0 Å². The van der Waals surface area contributed by atoms with E-state index in [0.29, 0.717) is 21.4 Å². The lowest BCUT2D eigenvalue weighted by molar-refractivity contribution is -0.255. The molecule has 110 valence electrons. The van der Waals surface area contributed by atoms with Gasteiger partial charge in [-0.25, -0.2) is 4.68 Å². The Morgan fingerprint density at radius 2 is 1.77 bits per heavy atom. The molecule has 2 aromatic heterocycles. The van der Waals surface area contributed by atoms with Gasteiger partial charge in [-0.3, -0.25) is 4.98 Å². The summed E-state index contributed by atoms with van der Waals surface area (Å²) in [5.41, 5.74) is 1.64. The van der Waals surface area contributed by atoms with E-state index in [-0.39, 0.29) is 5.69 Å². The minimum Gasteiger partial charge on any atom is -0.543 e. The molecule has 0 aliphatic heterocycles. The first kappa shape index (κ1) is 14.6. The normalized spacial score (nSPS) is 10.6. The van der Waals surface area contributed by atoms with Crippen molar-refractivity contribution in [2.24, 2.45) is 0 Å². The summed E-state index contributed by atoms with van der Waals surface area (Å²) in [4.78, 5) is 15.3. The minimum atomic E-state index is -1.33. The van der Waals surface area contributed by atoms with Crippen LogP contribution in [0.3, 0.4) is 0 Å². The standard InChI is InChI=1S/C15H9Cl2N3O2/c16-11-2-1-10(7-12(11)17)20-14(15(21)22)8-13(19-20)9-3-5-18-6-4-9/h1-8H,(H,21,22)/p-1. The van der Waals surface area contributed by atoms with Crippen LogP contribution < -0.4 is 5.11 Å². The predicted octanol–water partition coefficient (Wildman–Crippen LogP) is 2.60. The van der Waals surface area contributed by atoms with Gasteiger partial charge in [0, 0.05) is 18.0 Å². The van der Waals surface area contributed by atoms with E-state index < -0.39 is 5.97 Å². The van der Waals surface area contributed by atoms with Crippen molar-refractivity contribution in [1.82, 2.24) is 14.8 Å². The third-order valence-electron chi connectivity index (χ3n) is 3.04. The van der Waals surface area contributed by atoms with Crippen LogP contribution >= 0.6 is 23.2 Å². The number of carboxylic acid groups (broad SMARTS) is 1. The van der Waals surface area contributed by atoms with Crippen LogP contribution in [0.1, 0.15) is 10.5 Å². The Kier molecular flexibility index (Phi) is 3.83. The Labute approximate surface area is 135 Å². The molecule has 22 heavy (non-hydrogen) atoms. The topological polar surface area (TPSA) is 70.8 Å². The van der Waals surface area contributed by atoms with E-state index in [0.717, 1.165) is 5.56 Å². The van der Waals surface area contributed by atoms with E-state index in [9.17, 15) is 9.90 Å². The number of carboxylic acids is 1. The molecule has 0 unspecified atom stereocenters. The van der Waals surface area contributed by atoms with Gasteiger partial charge in [0.2, 0.25) is 0 Å². The van der Waals surface area contributed by atoms with Crippen LogP contribution in [0.5, 0.6) is 0 Å². The van der Waals surface area contributed by atoms with Crippen molar-refractivity contribution in [3.8, 4) is 16.9 Å². The number of nitrogens with zero attached hydrogens (tertiary/aromatic N) is 3. The van der Waals surface area contributed by atoms with Crippen molar-refractivity contribution in [3.05, 3.63) is 64.5 Å². The van der Waals surface area contributed by atoms with Gasteiger partial charge < -0.3 is 9.90 Å². The van der Waals surface area contributed by atoms with Gasteiger partial charge in [-0.1, -0.05) is 23.2 Å². The summed E-state index contributed by atoms with van der Waals surface area (Å²) in [6.45, 7) is 0. The van der Waals surface area contributed by atoms with Crippen LogP contribution in [0.2, 0.25) is 10.0 Å². The number of carbonyl (C=O) groups excluding carboxylic acids is 1. The Bertz CT molecular complexity index is 847. The summed E-state index contributed by atoms with van der Waals surface area (Å²) in [5.74, 6) is -1.33. The quantitative estimate of drug-likeness (QED) is 0.739. The van der Waals surface area contributed by atoms with E-state index in [4.69, 9.17) is 23.2 Å². The minimum absolute atomic E-state index is 0.0785. The number of rotatable bonds is 3. The third kappa shape index (κ3) is 2.68. The average molecular weight is 333 g/mol. The number of halogens is 2. The van der Waals surface area contributed by atoms with E-state index in [1.54, 1.807) is 42.7 Å². The summed E-state index contributed by atoms with van der Waals surface area (Å²) in [5, 5.41) is 16.3. The molecule has 3 rings (SSSR count). The van der Waals surface area contributed by atoms with E-state index in [1.165, 1.54) is 10.7 Å². The van der Waals surface area contributed by atoms with Crippen LogP contribution in [0, 0.1) is 0 Å². The molecule has 7 heteroatoms. The monoisotopic (exact) mass is 332 g/mol. The lowest BCUT2D eigenvalue weighted by Gasteiger charge is -2.08. The summed E-state index contributed by atoms with van der Waals surface area (Å²) in [6, 6.07) is 9.66. The zero-order chi connectivity index (χ0) is 15.7. The molecule has 5 nitrogen and oxygen atoms in total. The molecule has 1 aromatic carbocycles. The molecule has 0 saturated heterocycles. The van der Waals surface area contributed by atoms with Crippen LogP contribution in [0.25, 0.3) is 16.9 Å². The molecule has 0 spiro atoms. The van der Waals surface area contributed by atoms with Gasteiger partial charge in [-0.05, 0) is 36.4 Å². The highest BCUT2D eigenvalue weighted by atomic mass is 35.5. The van der Waals surface area contributed by atoms with Gasteiger partial charge in [-0.15, -0.1) is 0 Å². The fourth-order valence-electron chi connectivity index (χ4n) is 2.00. The maximum absolute atomic E-state index is 11.3. The molecule has 0 radical (unpaired) electrons. The van der Waals surface area contributed by atoms with Crippen molar-refractivity contribution < 1.29 is 9.90 Å². The third-order valence-corrected chi connectivity index (χ3v) is 3.78. The lowest BCUT2D eigenvalue weighted by Crippen LogP contribution is -2.25. The van der Waals surface area contributed by atoms with Crippen molar-refractivity contribution >= 4 is 29.2 Å². The molecule has 2 heterocycles. The van der Waals surface area contributed by atoms with E-state index in [1.807, 2.05) is 0 Å². The highest BCUT2D eigenvalue weighted by Gasteiger charge is 2.13. The number of aromatic nitrogens is 3. The van der Waals surface area contributed by atoms with Gasteiger partial charge in [-0.2, -0.15) is 5.10 Å². The molecule has 3 aromatic rings. The Morgan fingerprint density at radius 3 is 2.41 bits per heavy atom. The van der Waals surface area contributed by atoms with Gasteiger partial charge >= 0.3 is 0 Å². The number of pyridine rings is 1. The molecule has 0 atom stereocenters. The molecular weight excluding hydrogens is 325 g/mol. The predicted molar refractivity (Wildman–Crippen MR) is 81.1 cm³/mol. The molecule has 0 fully saturated rings. The highest BCUT2D eigenvalue weighted by Crippen LogP contribution is 2.26. The van der Waals surface area contributed by atoms with Crippen LogP contribution in [-0.4, -0.2) is 20.7 Å². The number of aromatic carboxylic acids is 1. The SMILES string of the molecule is O=C([O-])c1cc(-c2ccncc2)nn1-c1ccc(Cl)c(Cl)c1. The first-order chi connectivity index (χ1) is 10.6. The van der Waals surface area contributed by atoms with Gasteiger partial charge in [0.15, 0.2) is 0 Å². The van der Waals surface area contributed by atoms with Gasteiger partial charge in [0.05, 0.1) is 33.1 Å². The Hall–Kier alpha value is -2.37. The van der Waals surface area contributed by atoms with Crippen molar-refractivity contribution in [1.29, 1.82) is 0 Å². The first-order valence-corrected chi connectivity index (χ1v) is 6.99. The number of carbonyl (C=O) groups is 1. The number of benzene rings is 1. The fraction of sp³-hybridized carbons (Fsp3) is 0. The molecule has 0 N–H and O–H groups in total. The van der Waals surface area contributed by atoms with Gasteiger partial charge in [0.1, 0.15) is 0 Å². The number of hydrogen-bond donors (Lipinski definition) is 0. The summed E-state index contributed by atoms with van der Waals surface area (Å²) in [7, 11) is 0. The zero-order valence-electron chi connectivity index (χ0n) is 11.0. The van der Waals surface area contributed by atoms with E-state index in [2.05, 4.69) is 10.1 Å². The van der Waals surface area contributed by atoms with Crippen LogP contribution in [-0.2, 0) is 0 Å². The highest BCUT2D eigenvalue weighted by molar-refractivity contribution is 6.42.